The average Bonchev–Trinajstić information content (AvgIpc) is 3.03. The van der Waals surface area contributed by atoms with Crippen molar-refractivity contribution < 1.29 is 9.53 Å². The van der Waals surface area contributed by atoms with Crippen molar-refractivity contribution in [2.24, 2.45) is 0 Å². The fourth-order valence-electron chi connectivity index (χ4n) is 2.09. The topological polar surface area (TPSA) is 73.2 Å². The monoisotopic (exact) mass is 367 g/mol. The molecule has 1 atom stereocenters. The number of carbonyl (C=O) groups excluding carboxylic acids is 1. The lowest BCUT2D eigenvalue weighted by Crippen LogP contribution is -2.33. The Morgan fingerprint density at radius 3 is 3.12 bits per heavy atom. The highest BCUT2D eigenvalue weighted by atomic mass is 32.2. The van der Waals surface area contributed by atoms with Crippen LogP contribution in [0.3, 0.4) is 0 Å². The van der Waals surface area contributed by atoms with E-state index in [4.69, 9.17) is 4.74 Å². The Morgan fingerprint density at radius 1 is 1.62 bits per heavy atom. The number of hydrogen-bond donors (Lipinski definition) is 1. The van der Waals surface area contributed by atoms with E-state index < -0.39 is 0 Å². The number of fused-ring (bicyclic) bond motifs is 1. The van der Waals surface area contributed by atoms with Gasteiger partial charge >= 0.3 is 0 Å². The minimum absolute atomic E-state index is 0.0817. The van der Waals surface area contributed by atoms with Crippen molar-refractivity contribution in [1.29, 1.82) is 0 Å². The zero-order valence-corrected chi connectivity index (χ0v) is 15.4. The molecule has 130 valence electrons. The summed E-state index contributed by atoms with van der Waals surface area (Å²) in [5, 5.41) is 5.49. The van der Waals surface area contributed by atoms with Crippen molar-refractivity contribution in [3.63, 3.8) is 0 Å². The predicted octanol–water partition coefficient (Wildman–Crippen LogP) is 2.28. The minimum atomic E-state index is -0.354. The summed E-state index contributed by atoms with van der Waals surface area (Å²) in [4.78, 5) is 30.0. The van der Waals surface area contributed by atoms with Gasteiger partial charge in [0.05, 0.1) is 10.6 Å². The number of aromatic nitrogens is 2. The molecule has 6 nitrogen and oxygen atoms in total. The van der Waals surface area contributed by atoms with E-state index in [-0.39, 0.29) is 16.7 Å². The second-order valence-electron chi connectivity index (χ2n) is 5.14. The maximum absolute atomic E-state index is 12.5. The molecule has 0 aliphatic carbocycles. The van der Waals surface area contributed by atoms with Crippen molar-refractivity contribution in [2.45, 2.75) is 30.3 Å². The molecule has 0 aliphatic rings. The van der Waals surface area contributed by atoms with Crippen LogP contribution >= 0.6 is 23.1 Å². The van der Waals surface area contributed by atoms with E-state index in [1.165, 1.54) is 23.1 Å². The van der Waals surface area contributed by atoms with Crippen molar-refractivity contribution in [1.82, 2.24) is 14.9 Å². The first kappa shape index (κ1) is 18.7. The number of ether oxygens (including phenoxy) is 1. The molecule has 0 bridgehead atoms. The number of nitrogens with zero attached hydrogens (tertiary/aromatic N) is 2. The maximum atomic E-state index is 12.5. The van der Waals surface area contributed by atoms with Crippen LogP contribution in [0.4, 0.5) is 0 Å². The molecule has 1 amide bonds. The van der Waals surface area contributed by atoms with Gasteiger partial charge in [0.1, 0.15) is 4.83 Å². The number of hydrogen-bond acceptors (Lipinski definition) is 6. The SMILES string of the molecule is C=CCn1c(SC(C)C(=O)NCCCOC)nc2sccc2c1=O. The highest BCUT2D eigenvalue weighted by molar-refractivity contribution is 8.00. The first-order chi connectivity index (χ1) is 11.6. The Morgan fingerprint density at radius 2 is 2.42 bits per heavy atom. The Hall–Kier alpha value is -1.64. The summed E-state index contributed by atoms with van der Waals surface area (Å²) < 4.78 is 6.51. The standard InChI is InChI=1S/C16H21N3O3S2/c1-4-8-19-15(21)12-6-10-23-14(12)18-16(19)24-11(2)13(20)17-7-5-9-22-3/h4,6,10-11H,1,5,7-9H2,2-3H3,(H,17,20). The van der Waals surface area contributed by atoms with Crippen molar-refractivity contribution in [3.05, 3.63) is 34.5 Å². The van der Waals surface area contributed by atoms with Crippen LogP contribution < -0.4 is 10.9 Å². The lowest BCUT2D eigenvalue weighted by Gasteiger charge is -2.14. The molecule has 0 fully saturated rings. The summed E-state index contributed by atoms with van der Waals surface area (Å²) in [5.41, 5.74) is -0.101. The molecule has 2 aromatic rings. The van der Waals surface area contributed by atoms with E-state index >= 15 is 0 Å². The number of rotatable bonds is 9. The zero-order chi connectivity index (χ0) is 17.5. The van der Waals surface area contributed by atoms with Gasteiger partial charge in [0.25, 0.3) is 5.56 Å². The van der Waals surface area contributed by atoms with Crippen LogP contribution in [-0.2, 0) is 16.1 Å². The second-order valence-corrected chi connectivity index (χ2v) is 7.34. The Labute approximate surface area is 148 Å². The molecule has 2 aromatic heterocycles. The van der Waals surface area contributed by atoms with Gasteiger partial charge in [-0.3, -0.25) is 14.2 Å². The van der Waals surface area contributed by atoms with Gasteiger partial charge in [0.15, 0.2) is 5.16 Å². The van der Waals surface area contributed by atoms with E-state index in [2.05, 4.69) is 16.9 Å². The third-order valence-corrected chi connectivity index (χ3v) is 5.23. The van der Waals surface area contributed by atoms with E-state index in [1.807, 2.05) is 5.38 Å². The van der Waals surface area contributed by atoms with Gasteiger partial charge in [-0.25, -0.2) is 4.98 Å². The van der Waals surface area contributed by atoms with E-state index in [0.717, 1.165) is 6.42 Å². The molecule has 1 N–H and O–H groups in total. The Bertz CT molecular complexity index is 770. The summed E-state index contributed by atoms with van der Waals surface area (Å²) in [6, 6.07) is 1.77. The van der Waals surface area contributed by atoms with E-state index in [1.54, 1.807) is 30.7 Å². The van der Waals surface area contributed by atoms with Gasteiger partial charge in [-0.2, -0.15) is 0 Å². The fraction of sp³-hybridized carbons (Fsp3) is 0.438. The molecule has 1 unspecified atom stereocenters. The summed E-state index contributed by atoms with van der Waals surface area (Å²) in [6.45, 7) is 7.03. The molecule has 0 saturated carbocycles. The number of nitrogens with one attached hydrogen (secondary N) is 1. The Balaban J connectivity index is 2.15. The number of thiophene rings is 1. The van der Waals surface area contributed by atoms with E-state index in [0.29, 0.717) is 35.1 Å². The largest absolute Gasteiger partial charge is 0.385 e. The summed E-state index contributed by atoms with van der Waals surface area (Å²) in [5.74, 6) is -0.0817. The highest BCUT2D eigenvalue weighted by Crippen LogP contribution is 2.24. The second kappa shape index (κ2) is 9.00. The van der Waals surface area contributed by atoms with Crippen LogP contribution in [0, 0.1) is 0 Å². The lowest BCUT2D eigenvalue weighted by molar-refractivity contribution is -0.120. The van der Waals surface area contributed by atoms with Crippen LogP contribution in [0.25, 0.3) is 10.2 Å². The zero-order valence-electron chi connectivity index (χ0n) is 13.8. The van der Waals surface area contributed by atoms with Crippen LogP contribution in [0.1, 0.15) is 13.3 Å². The molecule has 2 heterocycles. The number of allylic oxidation sites excluding steroid dienone is 1. The first-order valence-corrected chi connectivity index (χ1v) is 9.36. The van der Waals surface area contributed by atoms with Gasteiger partial charge in [0.2, 0.25) is 5.91 Å². The highest BCUT2D eigenvalue weighted by Gasteiger charge is 2.19. The van der Waals surface area contributed by atoms with Crippen LogP contribution in [0.2, 0.25) is 0 Å². The summed E-state index contributed by atoms with van der Waals surface area (Å²) >= 11 is 2.70. The van der Waals surface area contributed by atoms with Gasteiger partial charge in [-0.15, -0.1) is 17.9 Å². The molecule has 0 aliphatic heterocycles. The first-order valence-electron chi connectivity index (χ1n) is 7.60. The quantitative estimate of drug-likeness (QED) is 0.319. The summed E-state index contributed by atoms with van der Waals surface area (Å²) in [6.07, 6.45) is 2.42. The molecule has 0 saturated heterocycles. The van der Waals surface area contributed by atoms with Crippen LogP contribution in [-0.4, -0.2) is 41.0 Å². The predicted molar refractivity (Wildman–Crippen MR) is 98.9 cm³/mol. The van der Waals surface area contributed by atoms with Gasteiger partial charge < -0.3 is 10.1 Å². The molecular weight excluding hydrogens is 346 g/mol. The third-order valence-electron chi connectivity index (χ3n) is 3.34. The number of methoxy groups -OCH3 is 1. The van der Waals surface area contributed by atoms with Crippen LogP contribution in [0.5, 0.6) is 0 Å². The summed E-state index contributed by atoms with van der Waals surface area (Å²) in [7, 11) is 1.63. The molecule has 0 radical (unpaired) electrons. The normalized spacial score (nSPS) is 12.2. The smallest absolute Gasteiger partial charge is 0.263 e. The number of thioether (sulfide) groups is 1. The fourth-order valence-corrected chi connectivity index (χ4v) is 3.84. The average molecular weight is 367 g/mol. The number of amides is 1. The van der Waals surface area contributed by atoms with Crippen LogP contribution in [0.15, 0.2) is 34.1 Å². The molecule has 0 aromatic carbocycles. The molecule has 2 rings (SSSR count). The Kier molecular flexibility index (Phi) is 7.01. The van der Waals surface area contributed by atoms with E-state index in [9.17, 15) is 9.59 Å². The molecule has 24 heavy (non-hydrogen) atoms. The van der Waals surface area contributed by atoms with Crippen molar-refractivity contribution >= 4 is 39.2 Å². The van der Waals surface area contributed by atoms with Gasteiger partial charge in [-0.1, -0.05) is 17.8 Å². The number of carbonyl (C=O) groups is 1. The lowest BCUT2D eigenvalue weighted by atomic mass is 10.4. The van der Waals surface area contributed by atoms with Crippen molar-refractivity contribution in [3.8, 4) is 0 Å². The van der Waals surface area contributed by atoms with Crippen molar-refractivity contribution in [2.75, 3.05) is 20.3 Å². The maximum Gasteiger partial charge on any atom is 0.263 e. The van der Waals surface area contributed by atoms with Gasteiger partial charge in [0, 0.05) is 26.8 Å². The third kappa shape index (κ3) is 4.46. The molecule has 8 heteroatoms. The van der Waals surface area contributed by atoms with Gasteiger partial charge in [-0.05, 0) is 24.8 Å². The molecule has 0 spiro atoms. The molecular formula is C16H21N3O3S2. The minimum Gasteiger partial charge on any atom is -0.385 e.